The summed E-state index contributed by atoms with van der Waals surface area (Å²) >= 11 is 1.51. The molecule has 0 unspecified atom stereocenters. The molecule has 2 rings (SSSR count). The van der Waals surface area contributed by atoms with Gasteiger partial charge in [-0.3, -0.25) is 4.79 Å². The van der Waals surface area contributed by atoms with E-state index < -0.39 is 0 Å². The summed E-state index contributed by atoms with van der Waals surface area (Å²) in [6.45, 7) is 3.98. The largest absolute Gasteiger partial charge is 0.483 e. The van der Waals surface area contributed by atoms with E-state index in [0.717, 1.165) is 22.6 Å². The number of aryl methyl sites for hydroxylation is 2. The summed E-state index contributed by atoms with van der Waals surface area (Å²) in [5.41, 5.74) is 2.24. The fourth-order valence-corrected chi connectivity index (χ4v) is 3.08. The number of hydrogen-bond donors (Lipinski definition) is 1. The molecular weight excluding hydrogens is 322 g/mol. The predicted octanol–water partition coefficient (Wildman–Crippen LogP) is 3.20. The fraction of sp³-hybridized carbons (Fsp3) is 0.278. The van der Waals surface area contributed by atoms with Crippen molar-refractivity contribution in [2.75, 3.05) is 13.7 Å². The maximum absolute atomic E-state index is 11.4. The van der Waals surface area contributed by atoms with Crippen LogP contribution >= 0.6 is 11.3 Å². The van der Waals surface area contributed by atoms with Gasteiger partial charge in [-0.25, -0.2) is 4.98 Å². The number of nitrogens with one attached hydrogen (secondary N) is 1. The van der Waals surface area contributed by atoms with E-state index in [1.165, 1.54) is 11.3 Å². The highest BCUT2D eigenvalue weighted by Gasteiger charge is 2.12. The lowest BCUT2D eigenvalue weighted by atomic mass is 10.1. The molecule has 0 radical (unpaired) electrons. The number of likely N-dealkylation sites (N-methyl/N-ethyl adjacent to an activating group) is 1. The highest BCUT2D eigenvalue weighted by molar-refractivity contribution is 7.12. The Morgan fingerprint density at radius 3 is 2.83 bits per heavy atom. The van der Waals surface area contributed by atoms with Gasteiger partial charge in [0.1, 0.15) is 16.8 Å². The smallest absolute Gasteiger partial charge is 0.257 e. The van der Waals surface area contributed by atoms with Gasteiger partial charge in [-0.05, 0) is 25.5 Å². The Balaban J connectivity index is 2.34. The van der Waals surface area contributed by atoms with Crippen molar-refractivity contribution in [2.45, 2.75) is 20.3 Å². The van der Waals surface area contributed by atoms with Crippen molar-refractivity contribution in [2.24, 2.45) is 0 Å². The SMILES string of the molecule is CCc1nc(C(C#N)=Cc2ccccc2OCC(=O)NC)sc1C. The molecule has 24 heavy (non-hydrogen) atoms. The number of para-hydroxylation sites is 1. The molecule has 1 heterocycles. The summed E-state index contributed by atoms with van der Waals surface area (Å²) in [4.78, 5) is 17.0. The van der Waals surface area contributed by atoms with Gasteiger partial charge in [0, 0.05) is 17.5 Å². The molecule has 0 aliphatic heterocycles. The minimum absolute atomic E-state index is 0.0699. The van der Waals surface area contributed by atoms with E-state index in [-0.39, 0.29) is 12.5 Å². The summed E-state index contributed by atoms with van der Waals surface area (Å²) in [7, 11) is 1.56. The molecule has 5 nitrogen and oxygen atoms in total. The van der Waals surface area contributed by atoms with Gasteiger partial charge in [0.25, 0.3) is 5.91 Å². The zero-order valence-electron chi connectivity index (χ0n) is 13.9. The van der Waals surface area contributed by atoms with E-state index in [1.807, 2.05) is 32.0 Å². The van der Waals surface area contributed by atoms with Gasteiger partial charge in [0.2, 0.25) is 0 Å². The summed E-state index contributed by atoms with van der Waals surface area (Å²) in [5, 5.41) is 12.7. The molecule has 0 spiro atoms. The number of ether oxygens (including phenoxy) is 1. The van der Waals surface area contributed by atoms with Crippen molar-refractivity contribution in [3.05, 3.63) is 45.4 Å². The minimum Gasteiger partial charge on any atom is -0.483 e. The number of benzene rings is 1. The summed E-state index contributed by atoms with van der Waals surface area (Å²) in [5.74, 6) is 0.343. The summed E-state index contributed by atoms with van der Waals surface area (Å²) in [6.07, 6.45) is 2.59. The lowest BCUT2D eigenvalue weighted by molar-refractivity contribution is -0.122. The Bertz CT molecular complexity index is 803. The van der Waals surface area contributed by atoms with Gasteiger partial charge in [-0.2, -0.15) is 5.26 Å². The van der Waals surface area contributed by atoms with Gasteiger partial charge >= 0.3 is 0 Å². The number of carbonyl (C=O) groups excluding carboxylic acids is 1. The van der Waals surface area contributed by atoms with Gasteiger partial charge in [-0.1, -0.05) is 25.1 Å². The monoisotopic (exact) mass is 341 g/mol. The van der Waals surface area contributed by atoms with Crippen molar-refractivity contribution < 1.29 is 9.53 Å². The Kier molecular flexibility index (Phi) is 6.10. The Morgan fingerprint density at radius 2 is 2.21 bits per heavy atom. The van der Waals surface area contributed by atoms with Crippen LogP contribution in [0.4, 0.5) is 0 Å². The number of allylic oxidation sites excluding steroid dienone is 1. The standard InChI is InChI=1S/C18H19N3O2S/c1-4-15-12(2)24-18(21-15)14(10-19)9-13-7-5-6-8-16(13)23-11-17(22)20-3/h5-9H,4,11H2,1-3H3,(H,20,22). The van der Waals surface area contributed by atoms with Crippen molar-refractivity contribution in [3.63, 3.8) is 0 Å². The fourth-order valence-electron chi connectivity index (χ4n) is 2.12. The van der Waals surface area contributed by atoms with Crippen LogP contribution in [0.5, 0.6) is 5.75 Å². The van der Waals surface area contributed by atoms with Crippen LogP contribution in [0.3, 0.4) is 0 Å². The van der Waals surface area contributed by atoms with E-state index in [1.54, 1.807) is 19.2 Å². The molecule has 1 aromatic carbocycles. The van der Waals surface area contributed by atoms with Crippen molar-refractivity contribution in [1.29, 1.82) is 5.26 Å². The van der Waals surface area contributed by atoms with Crippen LogP contribution < -0.4 is 10.1 Å². The van der Waals surface area contributed by atoms with Crippen LogP contribution in [-0.2, 0) is 11.2 Å². The van der Waals surface area contributed by atoms with Gasteiger partial charge in [0.05, 0.1) is 11.3 Å². The molecule has 0 bridgehead atoms. The third-order valence-corrected chi connectivity index (χ3v) is 4.48. The number of rotatable bonds is 6. The summed E-state index contributed by atoms with van der Waals surface area (Å²) < 4.78 is 5.54. The second-order valence-corrected chi connectivity index (χ2v) is 6.25. The average molecular weight is 341 g/mol. The number of nitriles is 1. The summed E-state index contributed by atoms with van der Waals surface area (Å²) in [6, 6.07) is 9.51. The minimum atomic E-state index is -0.211. The molecule has 0 atom stereocenters. The van der Waals surface area contributed by atoms with E-state index in [0.29, 0.717) is 16.3 Å². The zero-order valence-corrected chi connectivity index (χ0v) is 14.7. The molecule has 1 amide bonds. The van der Waals surface area contributed by atoms with Crippen LogP contribution in [0, 0.1) is 18.3 Å². The van der Waals surface area contributed by atoms with Gasteiger partial charge < -0.3 is 10.1 Å². The molecule has 124 valence electrons. The molecule has 1 N–H and O–H groups in total. The first-order chi connectivity index (χ1) is 11.6. The molecule has 0 saturated heterocycles. The topological polar surface area (TPSA) is 75.0 Å². The third kappa shape index (κ3) is 4.21. The maximum atomic E-state index is 11.4. The molecule has 1 aromatic heterocycles. The van der Waals surface area contributed by atoms with E-state index in [2.05, 4.69) is 16.4 Å². The Hall–Kier alpha value is -2.65. The first kappa shape index (κ1) is 17.7. The number of hydrogen-bond acceptors (Lipinski definition) is 5. The normalized spacial score (nSPS) is 11.0. The zero-order chi connectivity index (χ0) is 17.5. The number of carbonyl (C=O) groups is 1. The number of nitrogens with zero attached hydrogens (tertiary/aromatic N) is 2. The van der Waals surface area contributed by atoms with Crippen molar-refractivity contribution in [3.8, 4) is 11.8 Å². The highest BCUT2D eigenvalue weighted by atomic mass is 32.1. The van der Waals surface area contributed by atoms with Crippen LogP contribution in [0.1, 0.15) is 28.1 Å². The van der Waals surface area contributed by atoms with E-state index >= 15 is 0 Å². The molecule has 6 heteroatoms. The number of amides is 1. The Morgan fingerprint density at radius 1 is 1.46 bits per heavy atom. The van der Waals surface area contributed by atoms with Crippen LogP contribution in [0.2, 0.25) is 0 Å². The average Bonchev–Trinajstić information content (AvgIpc) is 2.98. The van der Waals surface area contributed by atoms with Crippen LogP contribution in [-0.4, -0.2) is 24.5 Å². The van der Waals surface area contributed by atoms with Crippen LogP contribution in [0.15, 0.2) is 24.3 Å². The first-order valence-electron chi connectivity index (χ1n) is 7.59. The second-order valence-electron chi connectivity index (χ2n) is 5.04. The number of thiazole rings is 1. The maximum Gasteiger partial charge on any atom is 0.257 e. The molecule has 0 aliphatic carbocycles. The lowest BCUT2D eigenvalue weighted by Gasteiger charge is -2.08. The van der Waals surface area contributed by atoms with Crippen molar-refractivity contribution in [1.82, 2.24) is 10.3 Å². The lowest BCUT2D eigenvalue weighted by Crippen LogP contribution is -2.24. The van der Waals surface area contributed by atoms with Crippen LogP contribution in [0.25, 0.3) is 11.6 Å². The molecule has 0 saturated carbocycles. The quantitative estimate of drug-likeness (QED) is 0.819. The second kappa shape index (κ2) is 8.27. The van der Waals surface area contributed by atoms with Gasteiger partial charge in [-0.15, -0.1) is 11.3 Å². The van der Waals surface area contributed by atoms with Gasteiger partial charge in [0.15, 0.2) is 6.61 Å². The Labute approximate surface area is 145 Å². The molecular formula is C18H19N3O2S. The predicted molar refractivity (Wildman–Crippen MR) is 95.7 cm³/mol. The molecule has 0 fully saturated rings. The molecule has 0 aliphatic rings. The molecule has 2 aromatic rings. The van der Waals surface area contributed by atoms with E-state index in [4.69, 9.17) is 4.74 Å². The van der Waals surface area contributed by atoms with Crippen molar-refractivity contribution >= 4 is 28.9 Å². The first-order valence-corrected chi connectivity index (χ1v) is 8.41. The van der Waals surface area contributed by atoms with E-state index in [9.17, 15) is 10.1 Å². The third-order valence-electron chi connectivity index (χ3n) is 3.43. The number of aromatic nitrogens is 1. The highest BCUT2D eigenvalue weighted by Crippen LogP contribution is 2.28.